The number of hydrogen-bond acceptors (Lipinski definition) is 3. The SMILES string of the molecule is CCCNC(=O)CN(C)C(=O)C1(C)CCCN1. The van der Waals surface area contributed by atoms with Crippen LogP contribution in [0.3, 0.4) is 0 Å². The molecule has 0 aromatic heterocycles. The molecule has 5 heteroatoms. The van der Waals surface area contributed by atoms with Gasteiger partial charge in [0.2, 0.25) is 11.8 Å². The van der Waals surface area contributed by atoms with Crippen LogP contribution in [-0.4, -0.2) is 48.9 Å². The summed E-state index contributed by atoms with van der Waals surface area (Å²) in [6, 6.07) is 0. The highest BCUT2D eigenvalue weighted by molar-refractivity contribution is 5.90. The summed E-state index contributed by atoms with van der Waals surface area (Å²) in [6.45, 7) is 5.58. The topological polar surface area (TPSA) is 61.4 Å². The van der Waals surface area contributed by atoms with Crippen LogP contribution in [0.25, 0.3) is 0 Å². The van der Waals surface area contributed by atoms with Gasteiger partial charge in [0.15, 0.2) is 0 Å². The maximum atomic E-state index is 12.2. The Morgan fingerprint density at radius 3 is 2.71 bits per heavy atom. The highest BCUT2D eigenvalue weighted by atomic mass is 16.2. The van der Waals surface area contributed by atoms with Crippen molar-refractivity contribution in [1.29, 1.82) is 0 Å². The molecule has 1 saturated heterocycles. The second kappa shape index (κ2) is 6.00. The summed E-state index contributed by atoms with van der Waals surface area (Å²) < 4.78 is 0. The highest BCUT2D eigenvalue weighted by Crippen LogP contribution is 2.20. The summed E-state index contributed by atoms with van der Waals surface area (Å²) in [5.74, 6) is -0.0917. The van der Waals surface area contributed by atoms with E-state index in [1.54, 1.807) is 7.05 Å². The first kappa shape index (κ1) is 14.0. The van der Waals surface area contributed by atoms with Gasteiger partial charge in [0, 0.05) is 13.6 Å². The number of carbonyl (C=O) groups is 2. The van der Waals surface area contributed by atoms with Crippen LogP contribution in [0.15, 0.2) is 0 Å². The molecule has 5 nitrogen and oxygen atoms in total. The lowest BCUT2D eigenvalue weighted by atomic mass is 9.99. The summed E-state index contributed by atoms with van der Waals surface area (Å²) >= 11 is 0. The fourth-order valence-corrected chi connectivity index (χ4v) is 2.11. The normalized spacial score (nSPS) is 23.5. The van der Waals surface area contributed by atoms with Gasteiger partial charge in [0.1, 0.15) is 0 Å². The number of rotatable bonds is 5. The largest absolute Gasteiger partial charge is 0.355 e. The van der Waals surface area contributed by atoms with Crippen LogP contribution in [0.5, 0.6) is 0 Å². The fraction of sp³-hybridized carbons (Fsp3) is 0.833. The molecule has 0 bridgehead atoms. The van der Waals surface area contributed by atoms with Crippen LogP contribution in [0.2, 0.25) is 0 Å². The van der Waals surface area contributed by atoms with E-state index in [1.807, 2.05) is 13.8 Å². The van der Waals surface area contributed by atoms with Crippen molar-refractivity contribution in [2.75, 3.05) is 26.7 Å². The molecular formula is C12H23N3O2. The third kappa shape index (κ3) is 3.70. The average molecular weight is 241 g/mol. The first-order valence-electron chi connectivity index (χ1n) is 6.27. The number of likely N-dealkylation sites (N-methyl/N-ethyl adjacent to an activating group) is 1. The molecule has 0 spiro atoms. The highest BCUT2D eigenvalue weighted by Gasteiger charge is 2.38. The van der Waals surface area contributed by atoms with E-state index in [0.717, 1.165) is 25.8 Å². The maximum Gasteiger partial charge on any atom is 0.242 e. The zero-order chi connectivity index (χ0) is 12.9. The predicted octanol–water partition coefficient (Wildman–Crippen LogP) is 0.113. The van der Waals surface area contributed by atoms with Crippen molar-refractivity contribution < 1.29 is 9.59 Å². The predicted molar refractivity (Wildman–Crippen MR) is 66.6 cm³/mol. The molecule has 0 aliphatic carbocycles. The molecule has 2 amide bonds. The van der Waals surface area contributed by atoms with E-state index < -0.39 is 5.54 Å². The minimum Gasteiger partial charge on any atom is -0.355 e. The monoisotopic (exact) mass is 241 g/mol. The first-order valence-corrected chi connectivity index (χ1v) is 6.27. The van der Waals surface area contributed by atoms with Gasteiger partial charge in [-0.1, -0.05) is 6.92 Å². The van der Waals surface area contributed by atoms with Crippen molar-refractivity contribution in [2.24, 2.45) is 0 Å². The lowest BCUT2D eigenvalue weighted by molar-refractivity contribution is -0.139. The second-order valence-corrected chi connectivity index (χ2v) is 4.87. The number of hydrogen-bond donors (Lipinski definition) is 2. The van der Waals surface area contributed by atoms with Crippen LogP contribution in [0.4, 0.5) is 0 Å². The van der Waals surface area contributed by atoms with Gasteiger partial charge in [-0.15, -0.1) is 0 Å². The minimum absolute atomic E-state index is 0.00153. The molecule has 1 unspecified atom stereocenters. The number of amides is 2. The van der Waals surface area contributed by atoms with Gasteiger partial charge in [0.25, 0.3) is 0 Å². The second-order valence-electron chi connectivity index (χ2n) is 4.87. The molecule has 1 aliphatic heterocycles. The Labute approximate surface area is 103 Å². The molecular weight excluding hydrogens is 218 g/mol. The van der Waals surface area contributed by atoms with Crippen molar-refractivity contribution in [3.8, 4) is 0 Å². The van der Waals surface area contributed by atoms with Crippen LogP contribution in [0.1, 0.15) is 33.1 Å². The zero-order valence-electron chi connectivity index (χ0n) is 11.0. The van der Waals surface area contributed by atoms with Crippen LogP contribution in [-0.2, 0) is 9.59 Å². The standard InChI is InChI=1S/C12H23N3O2/c1-4-7-13-10(16)9-15(3)11(17)12(2)6-5-8-14-12/h14H,4-9H2,1-3H3,(H,13,16). The lowest BCUT2D eigenvalue weighted by Crippen LogP contribution is -2.53. The molecule has 0 radical (unpaired) electrons. The molecule has 1 atom stereocenters. The van der Waals surface area contributed by atoms with Gasteiger partial charge in [-0.25, -0.2) is 0 Å². The number of nitrogens with one attached hydrogen (secondary N) is 2. The van der Waals surface area contributed by atoms with Crippen LogP contribution >= 0.6 is 0 Å². The summed E-state index contributed by atoms with van der Waals surface area (Å²) in [6.07, 6.45) is 2.76. The van der Waals surface area contributed by atoms with E-state index in [1.165, 1.54) is 4.90 Å². The Hall–Kier alpha value is -1.10. The number of nitrogens with zero attached hydrogens (tertiary/aromatic N) is 1. The average Bonchev–Trinajstić information content (AvgIpc) is 2.73. The smallest absolute Gasteiger partial charge is 0.242 e. The van der Waals surface area contributed by atoms with Gasteiger partial charge in [-0.05, 0) is 32.7 Å². The van der Waals surface area contributed by atoms with Crippen molar-refractivity contribution in [3.63, 3.8) is 0 Å². The van der Waals surface area contributed by atoms with E-state index in [2.05, 4.69) is 10.6 Å². The van der Waals surface area contributed by atoms with Gasteiger partial charge in [-0.2, -0.15) is 0 Å². The van der Waals surface area contributed by atoms with E-state index in [-0.39, 0.29) is 18.4 Å². The summed E-state index contributed by atoms with van der Waals surface area (Å²) in [4.78, 5) is 25.2. The fourth-order valence-electron chi connectivity index (χ4n) is 2.11. The molecule has 17 heavy (non-hydrogen) atoms. The Kier molecular flexibility index (Phi) is 4.93. The third-order valence-corrected chi connectivity index (χ3v) is 3.14. The van der Waals surface area contributed by atoms with Crippen molar-refractivity contribution in [3.05, 3.63) is 0 Å². The quantitative estimate of drug-likeness (QED) is 0.718. The van der Waals surface area contributed by atoms with E-state index in [0.29, 0.717) is 6.54 Å². The van der Waals surface area contributed by atoms with Gasteiger partial charge in [0.05, 0.1) is 12.1 Å². The van der Waals surface area contributed by atoms with Crippen molar-refractivity contribution in [1.82, 2.24) is 15.5 Å². The van der Waals surface area contributed by atoms with Crippen LogP contribution in [0, 0.1) is 0 Å². The van der Waals surface area contributed by atoms with E-state index in [9.17, 15) is 9.59 Å². The van der Waals surface area contributed by atoms with E-state index in [4.69, 9.17) is 0 Å². The molecule has 0 aromatic carbocycles. The lowest BCUT2D eigenvalue weighted by Gasteiger charge is -2.28. The van der Waals surface area contributed by atoms with Gasteiger partial charge in [-0.3, -0.25) is 9.59 Å². The molecule has 98 valence electrons. The van der Waals surface area contributed by atoms with Crippen molar-refractivity contribution >= 4 is 11.8 Å². The zero-order valence-corrected chi connectivity index (χ0v) is 11.0. The molecule has 1 aliphatic rings. The minimum atomic E-state index is -0.486. The molecule has 1 rings (SSSR count). The molecule has 0 saturated carbocycles. The summed E-state index contributed by atoms with van der Waals surface area (Å²) in [7, 11) is 1.68. The van der Waals surface area contributed by atoms with Crippen molar-refractivity contribution in [2.45, 2.75) is 38.6 Å². The molecule has 1 heterocycles. The molecule has 0 aromatic rings. The third-order valence-electron chi connectivity index (χ3n) is 3.14. The maximum absolute atomic E-state index is 12.2. The first-order chi connectivity index (χ1) is 7.99. The van der Waals surface area contributed by atoms with Crippen LogP contribution < -0.4 is 10.6 Å². The Morgan fingerprint density at radius 2 is 2.18 bits per heavy atom. The molecule has 2 N–H and O–H groups in total. The Morgan fingerprint density at radius 1 is 1.47 bits per heavy atom. The van der Waals surface area contributed by atoms with E-state index >= 15 is 0 Å². The number of carbonyl (C=O) groups excluding carboxylic acids is 2. The summed E-state index contributed by atoms with van der Waals surface area (Å²) in [5.41, 5.74) is -0.486. The summed E-state index contributed by atoms with van der Waals surface area (Å²) in [5, 5.41) is 5.98. The Balaban J connectivity index is 2.44. The van der Waals surface area contributed by atoms with Gasteiger partial charge < -0.3 is 15.5 Å². The molecule has 1 fully saturated rings. The Bertz CT molecular complexity index is 285. The van der Waals surface area contributed by atoms with Gasteiger partial charge >= 0.3 is 0 Å².